The van der Waals surface area contributed by atoms with Crippen LogP contribution in [0.2, 0.25) is 0 Å². The van der Waals surface area contributed by atoms with Crippen LogP contribution in [0.5, 0.6) is 0 Å². The number of hydrogen-bond acceptors (Lipinski definition) is 2. The quantitative estimate of drug-likeness (QED) is 0.755. The second-order valence-corrected chi connectivity index (χ2v) is 7.14. The van der Waals surface area contributed by atoms with Crippen LogP contribution >= 0.6 is 28.3 Å². The summed E-state index contributed by atoms with van der Waals surface area (Å²) in [6.45, 7) is 3.65. The van der Waals surface area contributed by atoms with Crippen LogP contribution in [0.25, 0.3) is 0 Å². The molecule has 0 spiro atoms. The summed E-state index contributed by atoms with van der Waals surface area (Å²) in [5.41, 5.74) is 1.34. The van der Waals surface area contributed by atoms with E-state index in [1.807, 2.05) is 37.3 Å². The van der Waals surface area contributed by atoms with Crippen molar-refractivity contribution in [2.24, 2.45) is 11.8 Å². The van der Waals surface area contributed by atoms with E-state index in [2.05, 4.69) is 26.6 Å². The Morgan fingerprint density at radius 2 is 1.92 bits per heavy atom. The van der Waals surface area contributed by atoms with Gasteiger partial charge in [0, 0.05) is 16.0 Å². The van der Waals surface area contributed by atoms with Crippen molar-refractivity contribution in [2.45, 2.75) is 13.0 Å². The molecular formula is C19H21BrClFN2O. The molecule has 6 heteroatoms. The molecule has 2 N–H and O–H groups in total. The van der Waals surface area contributed by atoms with Crippen LogP contribution in [0, 0.1) is 17.7 Å². The topological polar surface area (TPSA) is 41.1 Å². The monoisotopic (exact) mass is 426 g/mol. The number of rotatable bonds is 5. The molecule has 0 aromatic heterocycles. The molecule has 2 aromatic rings. The van der Waals surface area contributed by atoms with E-state index in [1.165, 1.54) is 6.07 Å². The Balaban J connectivity index is 0.00000225. The average Bonchev–Trinajstić information content (AvgIpc) is 2.52. The van der Waals surface area contributed by atoms with E-state index in [9.17, 15) is 9.18 Å². The van der Waals surface area contributed by atoms with Crippen molar-refractivity contribution in [1.29, 1.82) is 0 Å². The van der Waals surface area contributed by atoms with Crippen molar-refractivity contribution in [3.05, 3.63) is 69.9 Å². The van der Waals surface area contributed by atoms with Crippen LogP contribution in [0.15, 0.2) is 53.0 Å². The van der Waals surface area contributed by atoms with E-state index in [0.29, 0.717) is 16.0 Å². The molecule has 3 nitrogen and oxygen atoms in total. The van der Waals surface area contributed by atoms with E-state index < -0.39 is 6.04 Å². The van der Waals surface area contributed by atoms with Crippen LogP contribution in [0.4, 0.5) is 4.39 Å². The summed E-state index contributed by atoms with van der Waals surface area (Å²) in [4.78, 5) is 12.6. The maximum Gasteiger partial charge on any atom is 0.223 e. The molecule has 1 aliphatic rings. The van der Waals surface area contributed by atoms with E-state index in [4.69, 9.17) is 0 Å². The number of amides is 1. The maximum absolute atomic E-state index is 14.5. The van der Waals surface area contributed by atoms with E-state index in [0.717, 1.165) is 18.7 Å². The van der Waals surface area contributed by atoms with Crippen molar-refractivity contribution >= 4 is 34.2 Å². The SMILES string of the molecule is CC(C(=O)NC(c1ccccc1)c1ccc(Br)cc1F)C1CNC1.Cl. The second kappa shape index (κ2) is 8.79. The second-order valence-electron chi connectivity index (χ2n) is 6.23. The van der Waals surface area contributed by atoms with E-state index in [-0.39, 0.29) is 30.0 Å². The Morgan fingerprint density at radius 1 is 1.24 bits per heavy atom. The third kappa shape index (κ3) is 4.60. The zero-order valence-corrected chi connectivity index (χ0v) is 16.2. The highest BCUT2D eigenvalue weighted by Gasteiger charge is 2.30. The lowest BCUT2D eigenvalue weighted by atomic mass is 9.87. The van der Waals surface area contributed by atoms with Crippen molar-refractivity contribution in [1.82, 2.24) is 10.6 Å². The van der Waals surface area contributed by atoms with Crippen molar-refractivity contribution in [3.8, 4) is 0 Å². The van der Waals surface area contributed by atoms with E-state index in [1.54, 1.807) is 12.1 Å². The molecule has 0 radical (unpaired) electrons. The van der Waals surface area contributed by atoms with Gasteiger partial charge in [-0.25, -0.2) is 4.39 Å². The highest BCUT2D eigenvalue weighted by atomic mass is 79.9. The Morgan fingerprint density at radius 3 is 2.48 bits per heavy atom. The van der Waals surface area contributed by atoms with Gasteiger partial charge in [0.15, 0.2) is 0 Å². The van der Waals surface area contributed by atoms with Crippen LogP contribution in [-0.4, -0.2) is 19.0 Å². The molecule has 0 aliphatic carbocycles. The molecule has 0 bridgehead atoms. The Hall–Kier alpha value is -1.43. The highest BCUT2D eigenvalue weighted by Crippen LogP contribution is 2.28. The van der Waals surface area contributed by atoms with Gasteiger partial charge in [0.2, 0.25) is 5.91 Å². The zero-order valence-electron chi connectivity index (χ0n) is 13.8. The fraction of sp³-hybridized carbons (Fsp3) is 0.316. The molecule has 2 aromatic carbocycles. The lowest BCUT2D eigenvalue weighted by molar-refractivity contribution is -0.127. The maximum atomic E-state index is 14.5. The van der Waals surface area contributed by atoms with Gasteiger partial charge < -0.3 is 10.6 Å². The number of carbonyl (C=O) groups excluding carboxylic acids is 1. The first kappa shape index (κ1) is 19.9. The van der Waals surface area contributed by atoms with Crippen LogP contribution in [-0.2, 0) is 4.79 Å². The van der Waals surface area contributed by atoms with Gasteiger partial charge in [-0.1, -0.05) is 59.3 Å². The third-order valence-electron chi connectivity index (χ3n) is 4.63. The summed E-state index contributed by atoms with van der Waals surface area (Å²) in [7, 11) is 0. The molecule has 25 heavy (non-hydrogen) atoms. The molecular weight excluding hydrogens is 407 g/mol. The summed E-state index contributed by atoms with van der Waals surface area (Å²) < 4.78 is 15.2. The number of benzene rings is 2. The van der Waals surface area contributed by atoms with Gasteiger partial charge in [-0.2, -0.15) is 0 Å². The molecule has 0 saturated carbocycles. The number of hydrogen-bond donors (Lipinski definition) is 2. The van der Waals surface area contributed by atoms with Gasteiger partial charge in [0.1, 0.15) is 5.82 Å². The summed E-state index contributed by atoms with van der Waals surface area (Å²) in [5.74, 6) is -0.138. The molecule has 3 rings (SSSR count). The lowest BCUT2D eigenvalue weighted by Gasteiger charge is -2.33. The van der Waals surface area contributed by atoms with Gasteiger partial charge in [0.25, 0.3) is 0 Å². The van der Waals surface area contributed by atoms with Crippen LogP contribution in [0.3, 0.4) is 0 Å². The molecule has 1 saturated heterocycles. The van der Waals surface area contributed by atoms with Crippen molar-refractivity contribution < 1.29 is 9.18 Å². The van der Waals surface area contributed by atoms with Gasteiger partial charge in [-0.3, -0.25) is 4.79 Å². The third-order valence-corrected chi connectivity index (χ3v) is 5.12. The minimum Gasteiger partial charge on any atom is -0.345 e. The Labute approximate surface area is 161 Å². The lowest BCUT2D eigenvalue weighted by Crippen LogP contribution is -2.50. The summed E-state index contributed by atoms with van der Waals surface area (Å²) >= 11 is 3.28. The summed E-state index contributed by atoms with van der Waals surface area (Å²) in [6.07, 6.45) is 0. The molecule has 1 fully saturated rings. The van der Waals surface area contributed by atoms with Gasteiger partial charge in [-0.05, 0) is 36.7 Å². The first-order valence-electron chi connectivity index (χ1n) is 8.07. The van der Waals surface area contributed by atoms with Gasteiger partial charge in [-0.15, -0.1) is 12.4 Å². The highest BCUT2D eigenvalue weighted by molar-refractivity contribution is 9.10. The number of nitrogens with one attached hydrogen (secondary N) is 2. The Bertz CT molecular complexity index is 725. The molecule has 2 unspecified atom stereocenters. The summed E-state index contributed by atoms with van der Waals surface area (Å²) in [6, 6.07) is 13.9. The van der Waals surface area contributed by atoms with Gasteiger partial charge in [0.05, 0.1) is 6.04 Å². The molecule has 1 aliphatic heterocycles. The molecule has 1 heterocycles. The average molecular weight is 428 g/mol. The fourth-order valence-corrected chi connectivity index (χ4v) is 3.21. The van der Waals surface area contributed by atoms with Crippen molar-refractivity contribution in [2.75, 3.05) is 13.1 Å². The normalized spacial score (nSPS) is 16.3. The molecule has 2 atom stereocenters. The first-order chi connectivity index (χ1) is 11.6. The Kier molecular flexibility index (Phi) is 6.99. The van der Waals surface area contributed by atoms with Gasteiger partial charge >= 0.3 is 0 Å². The number of carbonyl (C=O) groups is 1. The largest absolute Gasteiger partial charge is 0.345 e. The molecule has 1 amide bonds. The standard InChI is InChI=1S/C19H20BrFN2O.ClH/c1-12(14-10-22-11-14)19(24)23-18(13-5-3-2-4-6-13)16-8-7-15(20)9-17(16)21;/h2-9,12,14,18,22H,10-11H2,1H3,(H,23,24);1H. The molecule has 134 valence electrons. The number of halogens is 3. The fourth-order valence-electron chi connectivity index (χ4n) is 2.87. The van der Waals surface area contributed by atoms with Crippen LogP contribution in [0.1, 0.15) is 24.1 Å². The zero-order chi connectivity index (χ0) is 17.1. The van der Waals surface area contributed by atoms with Crippen LogP contribution < -0.4 is 10.6 Å². The predicted octanol–water partition coefficient (Wildman–Crippen LogP) is 4.07. The minimum absolute atomic E-state index is 0. The first-order valence-corrected chi connectivity index (χ1v) is 8.86. The van der Waals surface area contributed by atoms with E-state index >= 15 is 0 Å². The van der Waals surface area contributed by atoms with Crippen molar-refractivity contribution in [3.63, 3.8) is 0 Å². The predicted molar refractivity (Wildman–Crippen MR) is 103 cm³/mol. The minimum atomic E-state index is -0.498. The summed E-state index contributed by atoms with van der Waals surface area (Å²) in [5, 5.41) is 6.22. The smallest absolute Gasteiger partial charge is 0.223 e.